The van der Waals surface area contributed by atoms with Gasteiger partial charge in [0.25, 0.3) is 0 Å². The molecule has 1 heterocycles. The molecule has 0 spiro atoms. The quantitative estimate of drug-likeness (QED) is 0.866. The maximum absolute atomic E-state index is 12.1. The van der Waals surface area contributed by atoms with Gasteiger partial charge in [-0.15, -0.1) is 0 Å². The van der Waals surface area contributed by atoms with E-state index in [0.29, 0.717) is 19.8 Å². The SMILES string of the molecule is CC1COC(CO)CN1C(=O)COCc1ccccc1. The van der Waals surface area contributed by atoms with Crippen molar-refractivity contribution in [2.45, 2.75) is 25.7 Å². The molecule has 0 aromatic heterocycles. The van der Waals surface area contributed by atoms with Crippen LogP contribution in [0.15, 0.2) is 30.3 Å². The van der Waals surface area contributed by atoms with Crippen LogP contribution in [-0.4, -0.2) is 54.4 Å². The van der Waals surface area contributed by atoms with Crippen molar-refractivity contribution in [2.75, 3.05) is 26.4 Å². The summed E-state index contributed by atoms with van der Waals surface area (Å²) in [7, 11) is 0. The van der Waals surface area contributed by atoms with E-state index in [2.05, 4.69) is 0 Å². The Labute approximate surface area is 119 Å². The zero-order valence-corrected chi connectivity index (χ0v) is 11.7. The zero-order valence-electron chi connectivity index (χ0n) is 11.7. The van der Waals surface area contributed by atoms with Gasteiger partial charge in [0.05, 0.1) is 32.0 Å². The number of morpholine rings is 1. The van der Waals surface area contributed by atoms with Gasteiger partial charge < -0.3 is 19.5 Å². The summed E-state index contributed by atoms with van der Waals surface area (Å²) in [4.78, 5) is 13.8. The lowest BCUT2D eigenvalue weighted by atomic mass is 10.2. The van der Waals surface area contributed by atoms with Crippen LogP contribution in [0.2, 0.25) is 0 Å². The zero-order chi connectivity index (χ0) is 14.4. The van der Waals surface area contributed by atoms with E-state index < -0.39 is 0 Å². The lowest BCUT2D eigenvalue weighted by Gasteiger charge is -2.37. The van der Waals surface area contributed by atoms with Crippen LogP contribution < -0.4 is 0 Å². The summed E-state index contributed by atoms with van der Waals surface area (Å²) in [6.45, 7) is 3.22. The van der Waals surface area contributed by atoms with Gasteiger partial charge in [0, 0.05) is 6.54 Å². The molecule has 0 bridgehead atoms. The summed E-state index contributed by atoms with van der Waals surface area (Å²) in [5, 5.41) is 9.11. The minimum atomic E-state index is -0.288. The molecule has 1 fully saturated rings. The van der Waals surface area contributed by atoms with Crippen LogP contribution in [0.3, 0.4) is 0 Å². The second-order valence-corrected chi connectivity index (χ2v) is 5.01. The summed E-state index contributed by atoms with van der Waals surface area (Å²) in [6, 6.07) is 9.77. The predicted octanol–water partition coefficient (Wildman–Crippen LogP) is 0.811. The molecule has 1 aromatic rings. The van der Waals surface area contributed by atoms with Crippen molar-refractivity contribution >= 4 is 5.91 Å². The molecule has 5 nitrogen and oxygen atoms in total. The third kappa shape index (κ3) is 4.03. The molecular weight excluding hydrogens is 258 g/mol. The number of aliphatic hydroxyl groups excluding tert-OH is 1. The molecule has 1 aliphatic rings. The van der Waals surface area contributed by atoms with Crippen molar-refractivity contribution in [3.63, 3.8) is 0 Å². The maximum Gasteiger partial charge on any atom is 0.248 e. The summed E-state index contributed by atoms with van der Waals surface area (Å²) < 4.78 is 10.9. The number of hydrogen-bond donors (Lipinski definition) is 1. The number of aliphatic hydroxyl groups is 1. The molecule has 1 amide bonds. The van der Waals surface area contributed by atoms with Crippen LogP contribution in [0.5, 0.6) is 0 Å². The number of carbonyl (C=O) groups excluding carboxylic acids is 1. The van der Waals surface area contributed by atoms with Gasteiger partial charge in [-0.05, 0) is 12.5 Å². The predicted molar refractivity (Wildman–Crippen MR) is 74.1 cm³/mol. The van der Waals surface area contributed by atoms with Crippen LogP contribution >= 0.6 is 0 Å². The monoisotopic (exact) mass is 279 g/mol. The second-order valence-electron chi connectivity index (χ2n) is 5.01. The highest BCUT2D eigenvalue weighted by molar-refractivity contribution is 5.77. The molecule has 2 unspecified atom stereocenters. The van der Waals surface area contributed by atoms with Crippen molar-refractivity contribution in [1.29, 1.82) is 0 Å². The molecule has 1 N–H and O–H groups in total. The van der Waals surface area contributed by atoms with Gasteiger partial charge in [-0.1, -0.05) is 30.3 Å². The van der Waals surface area contributed by atoms with Gasteiger partial charge in [-0.2, -0.15) is 0 Å². The van der Waals surface area contributed by atoms with Gasteiger partial charge in [0.1, 0.15) is 6.61 Å². The molecule has 2 rings (SSSR count). The summed E-state index contributed by atoms with van der Waals surface area (Å²) in [5.41, 5.74) is 1.04. The Bertz CT molecular complexity index is 423. The van der Waals surface area contributed by atoms with Crippen molar-refractivity contribution in [3.8, 4) is 0 Å². The average molecular weight is 279 g/mol. The highest BCUT2D eigenvalue weighted by Crippen LogP contribution is 2.12. The molecule has 2 atom stereocenters. The first kappa shape index (κ1) is 15.0. The fourth-order valence-corrected chi connectivity index (χ4v) is 2.19. The number of ether oxygens (including phenoxy) is 2. The maximum atomic E-state index is 12.1. The highest BCUT2D eigenvalue weighted by Gasteiger charge is 2.29. The molecule has 1 aliphatic heterocycles. The molecule has 1 aromatic carbocycles. The van der Waals surface area contributed by atoms with Crippen LogP contribution in [0.25, 0.3) is 0 Å². The number of rotatable bonds is 5. The fraction of sp³-hybridized carbons (Fsp3) is 0.533. The number of carbonyl (C=O) groups is 1. The lowest BCUT2D eigenvalue weighted by Crippen LogP contribution is -2.53. The summed E-state index contributed by atoms with van der Waals surface area (Å²) in [6.07, 6.45) is -0.288. The first-order chi connectivity index (χ1) is 9.70. The van der Waals surface area contributed by atoms with Gasteiger partial charge in [0.15, 0.2) is 0 Å². The Morgan fingerprint density at radius 3 is 2.90 bits per heavy atom. The van der Waals surface area contributed by atoms with Crippen LogP contribution in [0.1, 0.15) is 12.5 Å². The normalized spacial score (nSPS) is 22.8. The molecule has 5 heteroatoms. The lowest BCUT2D eigenvalue weighted by molar-refractivity contribution is -0.151. The van der Waals surface area contributed by atoms with E-state index in [4.69, 9.17) is 14.6 Å². The first-order valence-corrected chi connectivity index (χ1v) is 6.84. The Balaban J connectivity index is 1.79. The number of nitrogens with zero attached hydrogens (tertiary/aromatic N) is 1. The molecule has 0 radical (unpaired) electrons. The molecule has 20 heavy (non-hydrogen) atoms. The molecule has 0 aliphatic carbocycles. The second kappa shape index (κ2) is 7.38. The fourth-order valence-electron chi connectivity index (χ4n) is 2.19. The highest BCUT2D eigenvalue weighted by atomic mass is 16.5. The Kier molecular flexibility index (Phi) is 5.52. The Morgan fingerprint density at radius 1 is 1.45 bits per heavy atom. The largest absolute Gasteiger partial charge is 0.394 e. The van der Waals surface area contributed by atoms with E-state index in [9.17, 15) is 4.79 Å². The molecular formula is C15H21NO4. The minimum absolute atomic E-state index is 0.0191. The van der Waals surface area contributed by atoms with Crippen molar-refractivity contribution in [2.24, 2.45) is 0 Å². The van der Waals surface area contributed by atoms with E-state index in [0.717, 1.165) is 5.56 Å². The Morgan fingerprint density at radius 2 is 2.20 bits per heavy atom. The summed E-state index contributed by atoms with van der Waals surface area (Å²) >= 11 is 0. The first-order valence-electron chi connectivity index (χ1n) is 6.84. The summed E-state index contributed by atoms with van der Waals surface area (Å²) in [5.74, 6) is -0.0600. The van der Waals surface area contributed by atoms with Gasteiger partial charge >= 0.3 is 0 Å². The van der Waals surface area contributed by atoms with Gasteiger partial charge in [0.2, 0.25) is 5.91 Å². The van der Waals surface area contributed by atoms with E-state index in [1.807, 2.05) is 37.3 Å². The average Bonchev–Trinajstić information content (AvgIpc) is 2.48. The number of hydrogen-bond acceptors (Lipinski definition) is 4. The number of amides is 1. The topological polar surface area (TPSA) is 59.0 Å². The molecule has 110 valence electrons. The van der Waals surface area contributed by atoms with Gasteiger partial charge in [-0.25, -0.2) is 0 Å². The van der Waals surface area contributed by atoms with Crippen LogP contribution in [0, 0.1) is 0 Å². The van der Waals surface area contributed by atoms with E-state index in [-0.39, 0.29) is 31.3 Å². The van der Waals surface area contributed by atoms with Crippen molar-refractivity contribution in [1.82, 2.24) is 4.90 Å². The molecule has 0 saturated carbocycles. The number of benzene rings is 1. The van der Waals surface area contributed by atoms with Crippen LogP contribution in [0.4, 0.5) is 0 Å². The van der Waals surface area contributed by atoms with Crippen LogP contribution in [-0.2, 0) is 20.9 Å². The van der Waals surface area contributed by atoms with Crippen molar-refractivity contribution < 1.29 is 19.4 Å². The standard InChI is InChI=1S/C15H21NO4/c1-12-9-20-14(8-17)7-16(12)15(18)11-19-10-13-5-3-2-4-6-13/h2-6,12,14,17H,7-11H2,1H3. The third-order valence-electron chi connectivity index (χ3n) is 3.37. The Hall–Kier alpha value is -1.43. The minimum Gasteiger partial charge on any atom is -0.394 e. The van der Waals surface area contributed by atoms with Crippen molar-refractivity contribution in [3.05, 3.63) is 35.9 Å². The van der Waals surface area contributed by atoms with Gasteiger partial charge in [-0.3, -0.25) is 4.79 Å². The third-order valence-corrected chi connectivity index (χ3v) is 3.37. The molecule has 1 saturated heterocycles. The smallest absolute Gasteiger partial charge is 0.248 e. The van der Waals surface area contributed by atoms with E-state index in [1.165, 1.54) is 0 Å². The van der Waals surface area contributed by atoms with E-state index >= 15 is 0 Å². The van der Waals surface area contributed by atoms with E-state index in [1.54, 1.807) is 4.90 Å².